The number of rotatable bonds is 5. The Morgan fingerprint density at radius 2 is 2.00 bits per heavy atom. The molecule has 4 rings (SSSR count). The summed E-state index contributed by atoms with van der Waals surface area (Å²) in [6.07, 6.45) is 0.859. The molecule has 2 aromatic carbocycles. The predicted molar refractivity (Wildman–Crippen MR) is 97.8 cm³/mol. The quantitative estimate of drug-likeness (QED) is 0.823. The second-order valence-corrected chi connectivity index (χ2v) is 7.15. The molecular weight excluding hydrogens is 330 g/mol. The lowest BCUT2D eigenvalue weighted by molar-refractivity contribution is 0.0721. The lowest BCUT2D eigenvalue weighted by Gasteiger charge is -2.25. The van der Waals surface area contributed by atoms with Gasteiger partial charge in [0.05, 0.1) is 6.61 Å². The Labute approximate surface area is 153 Å². The van der Waals surface area contributed by atoms with E-state index in [1.807, 2.05) is 41.3 Å². The zero-order chi connectivity index (χ0) is 18.1. The zero-order valence-corrected chi connectivity index (χ0v) is 15.2. The van der Waals surface area contributed by atoms with Crippen molar-refractivity contribution in [3.05, 3.63) is 53.1 Å². The maximum absolute atomic E-state index is 13.2. The van der Waals surface area contributed by atoms with Gasteiger partial charge in [-0.25, -0.2) is 0 Å². The van der Waals surface area contributed by atoms with E-state index < -0.39 is 0 Å². The summed E-state index contributed by atoms with van der Waals surface area (Å²) >= 11 is 0. The van der Waals surface area contributed by atoms with Gasteiger partial charge in [-0.05, 0) is 35.7 Å². The normalized spacial score (nSPS) is 14.3. The summed E-state index contributed by atoms with van der Waals surface area (Å²) in [5.74, 6) is 2.78. The maximum Gasteiger partial charge on any atom is 0.254 e. The van der Waals surface area contributed by atoms with Gasteiger partial charge in [0.1, 0.15) is 5.75 Å². The Kier molecular flexibility index (Phi) is 4.45. The summed E-state index contributed by atoms with van der Waals surface area (Å²) in [6, 6.07) is 11.5. The minimum Gasteiger partial charge on any atom is -0.493 e. The van der Waals surface area contributed by atoms with Gasteiger partial charge in [0.2, 0.25) is 6.79 Å². The molecule has 2 heterocycles. The highest BCUT2D eigenvalue weighted by molar-refractivity contribution is 5.94. The molecule has 0 bridgehead atoms. The van der Waals surface area contributed by atoms with Gasteiger partial charge >= 0.3 is 0 Å². The summed E-state index contributed by atoms with van der Waals surface area (Å²) in [6.45, 7) is 6.33. The number of benzene rings is 2. The molecule has 2 aromatic rings. The van der Waals surface area contributed by atoms with Crippen molar-refractivity contribution in [1.82, 2.24) is 4.90 Å². The average Bonchev–Trinajstić information content (AvgIpc) is 3.28. The number of hydrogen-bond acceptors (Lipinski definition) is 4. The highest BCUT2D eigenvalue weighted by atomic mass is 16.7. The molecule has 2 aliphatic heterocycles. The van der Waals surface area contributed by atoms with Gasteiger partial charge in [0.25, 0.3) is 5.91 Å². The third-order valence-electron chi connectivity index (χ3n) is 4.65. The molecule has 5 heteroatoms. The highest BCUT2D eigenvalue weighted by Gasteiger charge is 2.24. The first-order valence-electron chi connectivity index (χ1n) is 9.04. The van der Waals surface area contributed by atoms with E-state index in [2.05, 4.69) is 13.8 Å². The number of nitrogens with zero attached hydrogens (tertiary/aromatic N) is 1. The molecule has 0 aromatic heterocycles. The number of fused-ring (bicyclic) bond motifs is 2. The summed E-state index contributed by atoms with van der Waals surface area (Å²) in [7, 11) is 0. The van der Waals surface area contributed by atoms with Crippen molar-refractivity contribution in [2.45, 2.75) is 26.8 Å². The molecular formula is C21H23NO4. The zero-order valence-electron chi connectivity index (χ0n) is 15.2. The van der Waals surface area contributed by atoms with Crippen LogP contribution in [0.4, 0.5) is 0 Å². The van der Waals surface area contributed by atoms with E-state index in [1.54, 1.807) is 0 Å². The van der Waals surface area contributed by atoms with Crippen LogP contribution in [0.2, 0.25) is 0 Å². The van der Waals surface area contributed by atoms with Crippen LogP contribution in [0.1, 0.15) is 35.3 Å². The Hall–Kier alpha value is -2.69. The second-order valence-electron chi connectivity index (χ2n) is 7.15. The lowest BCUT2D eigenvalue weighted by Crippen LogP contribution is -2.33. The van der Waals surface area contributed by atoms with Crippen molar-refractivity contribution in [2.24, 2.45) is 5.92 Å². The Morgan fingerprint density at radius 1 is 1.12 bits per heavy atom. The van der Waals surface area contributed by atoms with Crippen LogP contribution in [0.3, 0.4) is 0 Å². The Morgan fingerprint density at radius 3 is 2.85 bits per heavy atom. The number of ether oxygens (including phenoxy) is 3. The van der Waals surface area contributed by atoms with Crippen molar-refractivity contribution >= 4 is 5.91 Å². The standard InChI is InChI=1S/C21H23NO4/c1-14(2)11-22(12-17-4-3-5-19-20(17)26-13-25-19)21(23)16-6-7-18-15(10-16)8-9-24-18/h3-7,10,14H,8-9,11-13H2,1-2H3. The Balaban J connectivity index is 1.61. The molecule has 0 aliphatic carbocycles. The third-order valence-corrected chi connectivity index (χ3v) is 4.65. The van der Waals surface area contributed by atoms with Gasteiger partial charge in [0, 0.05) is 30.6 Å². The fraction of sp³-hybridized carbons (Fsp3) is 0.381. The number of amides is 1. The van der Waals surface area contributed by atoms with E-state index in [0.717, 1.165) is 34.8 Å². The van der Waals surface area contributed by atoms with Crippen molar-refractivity contribution in [1.29, 1.82) is 0 Å². The number of para-hydroxylation sites is 1. The summed E-state index contributed by atoms with van der Waals surface area (Å²) in [5.41, 5.74) is 2.79. The molecule has 0 spiro atoms. The molecule has 0 N–H and O–H groups in total. The summed E-state index contributed by atoms with van der Waals surface area (Å²) in [5, 5.41) is 0. The van der Waals surface area contributed by atoms with Gasteiger partial charge in [-0.2, -0.15) is 0 Å². The van der Waals surface area contributed by atoms with Crippen molar-refractivity contribution < 1.29 is 19.0 Å². The molecule has 0 radical (unpaired) electrons. The fourth-order valence-electron chi connectivity index (χ4n) is 3.48. The van der Waals surface area contributed by atoms with Gasteiger partial charge in [-0.3, -0.25) is 4.79 Å². The van der Waals surface area contributed by atoms with E-state index in [1.165, 1.54) is 0 Å². The summed E-state index contributed by atoms with van der Waals surface area (Å²) < 4.78 is 16.6. The second kappa shape index (κ2) is 6.90. The van der Waals surface area contributed by atoms with Gasteiger partial charge in [0.15, 0.2) is 11.5 Å². The van der Waals surface area contributed by atoms with E-state index in [9.17, 15) is 4.79 Å². The summed E-state index contributed by atoms with van der Waals surface area (Å²) in [4.78, 5) is 15.1. The number of hydrogen-bond donors (Lipinski definition) is 0. The van der Waals surface area contributed by atoms with Crippen LogP contribution in [0.25, 0.3) is 0 Å². The monoisotopic (exact) mass is 353 g/mol. The van der Waals surface area contributed by atoms with Crippen LogP contribution >= 0.6 is 0 Å². The molecule has 0 unspecified atom stereocenters. The lowest BCUT2D eigenvalue weighted by atomic mass is 10.1. The molecule has 0 saturated heterocycles. The number of carbonyl (C=O) groups excluding carboxylic acids is 1. The van der Waals surface area contributed by atoms with Gasteiger partial charge in [-0.1, -0.05) is 26.0 Å². The molecule has 26 heavy (non-hydrogen) atoms. The van der Waals surface area contributed by atoms with Crippen LogP contribution in [-0.4, -0.2) is 30.8 Å². The first-order chi connectivity index (χ1) is 12.6. The van der Waals surface area contributed by atoms with Crippen molar-refractivity contribution in [2.75, 3.05) is 19.9 Å². The van der Waals surface area contributed by atoms with E-state index in [0.29, 0.717) is 31.2 Å². The molecule has 1 amide bonds. The largest absolute Gasteiger partial charge is 0.493 e. The molecule has 2 aliphatic rings. The predicted octanol–water partition coefficient (Wildman–Crippen LogP) is 3.65. The molecule has 5 nitrogen and oxygen atoms in total. The minimum absolute atomic E-state index is 0.0323. The highest BCUT2D eigenvalue weighted by Crippen LogP contribution is 2.36. The van der Waals surface area contributed by atoms with Crippen LogP contribution in [0.15, 0.2) is 36.4 Å². The van der Waals surface area contributed by atoms with Crippen LogP contribution in [0.5, 0.6) is 17.2 Å². The SMILES string of the molecule is CC(C)CN(Cc1cccc2c1OCO2)C(=O)c1ccc2c(c1)CCO2. The molecule has 0 saturated carbocycles. The van der Waals surface area contributed by atoms with E-state index >= 15 is 0 Å². The first-order valence-corrected chi connectivity index (χ1v) is 9.04. The first kappa shape index (κ1) is 16.8. The molecule has 136 valence electrons. The van der Waals surface area contributed by atoms with Gasteiger partial charge < -0.3 is 19.1 Å². The number of carbonyl (C=O) groups is 1. The van der Waals surface area contributed by atoms with E-state index in [4.69, 9.17) is 14.2 Å². The smallest absolute Gasteiger partial charge is 0.254 e. The third kappa shape index (κ3) is 3.21. The van der Waals surface area contributed by atoms with Crippen LogP contribution in [-0.2, 0) is 13.0 Å². The van der Waals surface area contributed by atoms with Crippen molar-refractivity contribution in [3.8, 4) is 17.2 Å². The van der Waals surface area contributed by atoms with Crippen LogP contribution < -0.4 is 14.2 Å². The van der Waals surface area contributed by atoms with Gasteiger partial charge in [-0.15, -0.1) is 0 Å². The fourth-order valence-corrected chi connectivity index (χ4v) is 3.48. The van der Waals surface area contributed by atoms with Crippen LogP contribution in [0, 0.1) is 5.92 Å². The molecule has 0 atom stereocenters. The van der Waals surface area contributed by atoms with Crippen molar-refractivity contribution in [3.63, 3.8) is 0 Å². The maximum atomic E-state index is 13.2. The average molecular weight is 353 g/mol. The Bertz CT molecular complexity index is 831. The topological polar surface area (TPSA) is 48.0 Å². The molecule has 0 fully saturated rings. The van der Waals surface area contributed by atoms with E-state index in [-0.39, 0.29) is 12.7 Å². The minimum atomic E-state index is 0.0323.